The van der Waals surface area contributed by atoms with E-state index >= 15 is 0 Å². The molecule has 2 heteroatoms. The molecular formula is C16H16O2. The summed E-state index contributed by atoms with van der Waals surface area (Å²) in [6, 6.07) is 4.15. The summed E-state index contributed by atoms with van der Waals surface area (Å²) in [4.78, 5) is 0. The summed E-state index contributed by atoms with van der Waals surface area (Å²) in [7, 11) is 3.57. The second kappa shape index (κ2) is 2.76. The average Bonchev–Trinajstić information content (AvgIpc) is 2.89. The van der Waals surface area contributed by atoms with Gasteiger partial charge in [-0.15, -0.1) is 0 Å². The monoisotopic (exact) mass is 240 g/mol. The number of benzene rings is 1. The highest BCUT2D eigenvalue weighted by Gasteiger charge is 2.73. The van der Waals surface area contributed by atoms with Crippen LogP contribution in [0.25, 0.3) is 0 Å². The van der Waals surface area contributed by atoms with E-state index in [0.29, 0.717) is 5.92 Å². The molecule has 92 valence electrons. The number of fused-ring (bicyclic) bond motifs is 7. The van der Waals surface area contributed by atoms with E-state index in [1.807, 2.05) is 0 Å². The van der Waals surface area contributed by atoms with Crippen LogP contribution in [0.1, 0.15) is 23.0 Å². The molecule has 1 aromatic carbocycles. The molecule has 4 aliphatic carbocycles. The maximum absolute atomic E-state index is 5.60. The van der Waals surface area contributed by atoms with Gasteiger partial charge in [0.25, 0.3) is 0 Å². The van der Waals surface area contributed by atoms with Gasteiger partial charge in [0, 0.05) is 11.1 Å². The van der Waals surface area contributed by atoms with Gasteiger partial charge in [0.15, 0.2) is 0 Å². The molecule has 0 heterocycles. The third-order valence-electron chi connectivity index (χ3n) is 5.72. The van der Waals surface area contributed by atoms with Gasteiger partial charge in [-0.25, -0.2) is 0 Å². The van der Waals surface area contributed by atoms with Crippen LogP contribution in [0.2, 0.25) is 0 Å². The predicted molar refractivity (Wildman–Crippen MR) is 68.1 cm³/mol. The van der Waals surface area contributed by atoms with Crippen LogP contribution >= 0.6 is 0 Å². The predicted octanol–water partition coefficient (Wildman–Crippen LogP) is 2.95. The number of hydrogen-bond donors (Lipinski definition) is 0. The minimum absolute atomic E-state index is 0.704. The first-order valence-electron chi connectivity index (χ1n) is 6.80. The first-order chi connectivity index (χ1) is 8.86. The van der Waals surface area contributed by atoms with Gasteiger partial charge in [0.05, 0.1) is 14.2 Å². The molecule has 0 N–H and O–H groups in total. The number of rotatable bonds is 2. The topological polar surface area (TPSA) is 18.5 Å². The second-order valence-corrected chi connectivity index (χ2v) is 6.04. The van der Waals surface area contributed by atoms with E-state index in [4.69, 9.17) is 9.47 Å². The summed E-state index contributed by atoms with van der Waals surface area (Å²) < 4.78 is 11.2. The molecule has 2 fully saturated rings. The van der Waals surface area contributed by atoms with E-state index in [0.717, 1.165) is 41.1 Å². The van der Waals surface area contributed by atoms with Crippen molar-refractivity contribution in [3.8, 4) is 11.5 Å². The fourth-order valence-corrected chi connectivity index (χ4v) is 5.10. The third kappa shape index (κ3) is 0.781. The molecule has 1 aromatic rings. The van der Waals surface area contributed by atoms with Crippen LogP contribution in [0.4, 0.5) is 0 Å². The van der Waals surface area contributed by atoms with Crippen molar-refractivity contribution in [3.05, 3.63) is 35.4 Å². The highest BCUT2D eigenvalue weighted by atomic mass is 16.5. The molecule has 2 nitrogen and oxygen atoms in total. The van der Waals surface area contributed by atoms with Crippen LogP contribution in [0.5, 0.6) is 11.5 Å². The maximum atomic E-state index is 5.60. The molecule has 2 saturated carbocycles. The fourth-order valence-electron chi connectivity index (χ4n) is 5.10. The van der Waals surface area contributed by atoms with E-state index in [9.17, 15) is 0 Å². The standard InChI is InChI=1S/C16H16O2/c1-17-9-5-6-10(18-2)14-13(9)11-7-3-4-8(7)12-15(11)16(12)14/h3-8,11-12,15-16H,1-2H3. The fraction of sp³-hybridized carbons (Fsp3) is 0.500. The minimum atomic E-state index is 0.704. The summed E-state index contributed by atoms with van der Waals surface area (Å²) >= 11 is 0. The summed E-state index contributed by atoms with van der Waals surface area (Å²) in [5, 5.41) is 0. The van der Waals surface area contributed by atoms with E-state index in [1.54, 1.807) is 14.2 Å². The molecule has 4 aliphatic rings. The van der Waals surface area contributed by atoms with Gasteiger partial charge in [-0.05, 0) is 47.6 Å². The Morgan fingerprint density at radius 1 is 0.778 bits per heavy atom. The molecule has 18 heavy (non-hydrogen) atoms. The molecule has 0 saturated heterocycles. The Balaban J connectivity index is 1.77. The average molecular weight is 240 g/mol. The summed E-state index contributed by atoms with van der Waals surface area (Å²) in [5.74, 6) is 6.99. The molecule has 0 radical (unpaired) electrons. The van der Waals surface area contributed by atoms with Gasteiger partial charge in [-0.1, -0.05) is 12.2 Å². The maximum Gasteiger partial charge on any atom is 0.122 e. The Bertz CT molecular complexity index is 589. The number of ether oxygens (including phenoxy) is 2. The normalized spacial score (nSPS) is 43.9. The van der Waals surface area contributed by atoms with E-state index < -0.39 is 0 Å². The molecule has 0 amide bonds. The van der Waals surface area contributed by atoms with Crippen molar-refractivity contribution >= 4 is 0 Å². The van der Waals surface area contributed by atoms with Crippen LogP contribution in [0.15, 0.2) is 24.3 Å². The number of hydrogen-bond acceptors (Lipinski definition) is 2. The van der Waals surface area contributed by atoms with E-state index in [2.05, 4.69) is 24.3 Å². The summed E-state index contributed by atoms with van der Waals surface area (Å²) in [6.07, 6.45) is 4.83. The van der Waals surface area contributed by atoms with Gasteiger partial charge in [-0.3, -0.25) is 0 Å². The molecule has 5 rings (SSSR count). The van der Waals surface area contributed by atoms with Crippen molar-refractivity contribution in [1.29, 1.82) is 0 Å². The molecule has 0 aliphatic heterocycles. The molecule has 0 spiro atoms. The highest BCUT2D eigenvalue weighted by Crippen LogP contribution is 2.81. The van der Waals surface area contributed by atoms with Gasteiger partial charge in [0.2, 0.25) is 0 Å². The Kier molecular flexibility index (Phi) is 1.46. The first kappa shape index (κ1) is 9.48. The SMILES string of the molecule is COc1ccc(OC)c2c1C1C3C=CC3C3C2C13. The Morgan fingerprint density at radius 3 is 1.94 bits per heavy atom. The lowest BCUT2D eigenvalue weighted by atomic mass is 9.76. The zero-order valence-electron chi connectivity index (χ0n) is 10.6. The van der Waals surface area contributed by atoms with Crippen LogP contribution in [-0.4, -0.2) is 14.2 Å². The Hall–Kier alpha value is -1.44. The largest absolute Gasteiger partial charge is 0.496 e. The Morgan fingerprint density at radius 2 is 1.39 bits per heavy atom. The van der Waals surface area contributed by atoms with Crippen molar-refractivity contribution in [2.24, 2.45) is 23.7 Å². The van der Waals surface area contributed by atoms with Gasteiger partial charge < -0.3 is 9.47 Å². The molecule has 6 unspecified atom stereocenters. The third-order valence-corrected chi connectivity index (χ3v) is 5.72. The van der Waals surface area contributed by atoms with E-state index in [-0.39, 0.29) is 0 Å². The highest BCUT2D eigenvalue weighted by molar-refractivity contribution is 5.63. The number of methoxy groups -OCH3 is 2. The summed E-state index contributed by atoms with van der Waals surface area (Å²) in [6.45, 7) is 0. The molecule has 0 aromatic heterocycles. The van der Waals surface area contributed by atoms with Crippen molar-refractivity contribution in [1.82, 2.24) is 0 Å². The Labute approximate surface area is 107 Å². The molecular weight excluding hydrogens is 224 g/mol. The van der Waals surface area contributed by atoms with Crippen molar-refractivity contribution in [2.75, 3.05) is 14.2 Å². The van der Waals surface area contributed by atoms with Crippen LogP contribution in [0.3, 0.4) is 0 Å². The van der Waals surface area contributed by atoms with Crippen molar-refractivity contribution < 1.29 is 9.47 Å². The lowest BCUT2D eigenvalue weighted by Crippen LogP contribution is -2.20. The summed E-state index contributed by atoms with van der Waals surface area (Å²) in [5.41, 5.74) is 2.92. The van der Waals surface area contributed by atoms with Crippen LogP contribution in [-0.2, 0) is 0 Å². The van der Waals surface area contributed by atoms with E-state index in [1.165, 1.54) is 11.1 Å². The van der Waals surface area contributed by atoms with Crippen LogP contribution < -0.4 is 9.47 Å². The lowest BCUT2D eigenvalue weighted by Gasteiger charge is -2.29. The zero-order valence-corrected chi connectivity index (χ0v) is 10.6. The smallest absolute Gasteiger partial charge is 0.122 e. The van der Waals surface area contributed by atoms with Crippen molar-refractivity contribution in [2.45, 2.75) is 11.8 Å². The molecule has 0 bridgehead atoms. The number of allylic oxidation sites excluding steroid dienone is 2. The van der Waals surface area contributed by atoms with Gasteiger partial charge >= 0.3 is 0 Å². The minimum Gasteiger partial charge on any atom is -0.496 e. The van der Waals surface area contributed by atoms with Gasteiger partial charge in [-0.2, -0.15) is 0 Å². The lowest BCUT2D eigenvalue weighted by molar-refractivity contribution is 0.378. The molecule has 6 atom stereocenters. The van der Waals surface area contributed by atoms with Gasteiger partial charge in [0.1, 0.15) is 11.5 Å². The first-order valence-corrected chi connectivity index (χ1v) is 6.80. The van der Waals surface area contributed by atoms with Crippen molar-refractivity contribution in [3.63, 3.8) is 0 Å². The zero-order chi connectivity index (χ0) is 12.0. The second-order valence-electron chi connectivity index (χ2n) is 6.04. The quantitative estimate of drug-likeness (QED) is 0.740. The van der Waals surface area contributed by atoms with Crippen LogP contribution in [0, 0.1) is 23.7 Å².